The minimum absolute atomic E-state index is 0.359. The number of carbonyl (C=O) groups excluding carboxylic acids is 3. The van der Waals surface area contributed by atoms with Gasteiger partial charge >= 0.3 is 5.97 Å². The Morgan fingerprint density at radius 3 is 2.21 bits per heavy atom. The molecule has 0 aliphatic carbocycles. The fourth-order valence-corrected chi connectivity index (χ4v) is 2.45. The molecular formula is C21H23FN2O5. The van der Waals surface area contributed by atoms with Crippen LogP contribution in [0.2, 0.25) is 0 Å². The predicted octanol–water partition coefficient (Wildman–Crippen LogP) is 2.37. The molecule has 2 aromatic carbocycles. The topological polar surface area (TPSA) is 93.7 Å². The summed E-state index contributed by atoms with van der Waals surface area (Å²) in [7, 11) is 1.52. The van der Waals surface area contributed by atoms with Crippen LogP contribution in [0.1, 0.15) is 35.8 Å². The molecule has 0 aliphatic rings. The van der Waals surface area contributed by atoms with Crippen LogP contribution in [0, 0.1) is 5.82 Å². The molecule has 8 heteroatoms. The predicted molar refractivity (Wildman–Crippen MR) is 104 cm³/mol. The van der Waals surface area contributed by atoms with Crippen LogP contribution in [-0.4, -0.2) is 37.5 Å². The number of rotatable bonds is 8. The van der Waals surface area contributed by atoms with E-state index in [1.165, 1.54) is 26.2 Å². The van der Waals surface area contributed by atoms with Crippen molar-refractivity contribution in [3.63, 3.8) is 0 Å². The van der Waals surface area contributed by atoms with Gasteiger partial charge in [0.05, 0.1) is 13.2 Å². The molecule has 0 aromatic heterocycles. The van der Waals surface area contributed by atoms with Gasteiger partial charge < -0.3 is 20.1 Å². The Kier molecular flexibility index (Phi) is 7.70. The van der Waals surface area contributed by atoms with E-state index < -0.39 is 23.9 Å². The van der Waals surface area contributed by atoms with Crippen LogP contribution in [0.15, 0.2) is 48.5 Å². The largest absolute Gasteiger partial charge is 0.497 e. The number of hydrogen-bond acceptors (Lipinski definition) is 5. The maximum atomic E-state index is 13.0. The van der Waals surface area contributed by atoms with Crippen LogP contribution in [0.25, 0.3) is 0 Å². The Morgan fingerprint density at radius 2 is 1.62 bits per heavy atom. The van der Waals surface area contributed by atoms with E-state index in [9.17, 15) is 18.8 Å². The van der Waals surface area contributed by atoms with Gasteiger partial charge in [-0.15, -0.1) is 0 Å². The maximum absolute atomic E-state index is 13.0. The first-order chi connectivity index (χ1) is 13.8. The van der Waals surface area contributed by atoms with Crippen LogP contribution in [0.3, 0.4) is 0 Å². The first-order valence-corrected chi connectivity index (χ1v) is 8.97. The van der Waals surface area contributed by atoms with Crippen molar-refractivity contribution in [2.24, 2.45) is 0 Å². The third-order valence-corrected chi connectivity index (χ3v) is 4.15. The van der Waals surface area contributed by atoms with Gasteiger partial charge in [-0.05, 0) is 55.8 Å². The Balaban J connectivity index is 1.78. The molecule has 2 amide bonds. The highest BCUT2D eigenvalue weighted by atomic mass is 19.1. The first-order valence-electron chi connectivity index (χ1n) is 8.97. The normalized spacial score (nSPS) is 12.4. The smallest absolute Gasteiger partial charge is 0.326 e. The molecule has 0 saturated carbocycles. The second kappa shape index (κ2) is 10.2. The molecule has 0 heterocycles. The standard InChI is InChI=1S/C21H23FN2O5/c1-13(15-4-8-17(22)9-5-15)24-20(26)14(2)29-19(25)12-23-21(27)16-6-10-18(28-3)11-7-16/h4-11,13-14H,12H2,1-3H3,(H,23,27)(H,24,26)/t13-,14+/m1/s1. The Hall–Kier alpha value is -3.42. The molecule has 0 radical (unpaired) electrons. The first kappa shape index (κ1) is 21.9. The lowest BCUT2D eigenvalue weighted by Gasteiger charge is -2.18. The summed E-state index contributed by atoms with van der Waals surface area (Å²) in [6.07, 6.45) is -1.05. The van der Waals surface area contributed by atoms with Gasteiger partial charge in [-0.1, -0.05) is 12.1 Å². The second-order valence-corrected chi connectivity index (χ2v) is 6.33. The van der Waals surface area contributed by atoms with Gasteiger partial charge in [-0.2, -0.15) is 0 Å². The second-order valence-electron chi connectivity index (χ2n) is 6.33. The quantitative estimate of drug-likeness (QED) is 0.662. The summed E-state index contributed by atoms with van der Waals surface area (Å²) in [5.74, 6) is -1.46. The van der Waals surface area contributed by atoms with E-state index in [2.05, 4.69) is 10.6 Å². The number of halogens is 1. The third-order valence-electron chi connectivity index (χ3n) is 4.15. The molecule has 29 heavy (non-hydrogen) atoms. The van der Waals surface area contributed by atoms with Crippen molar-refractivity contribution < 1.29 is 28.2 Å². The van der Waals surface area contributed by atoms with Crippen molar-refractivity contribution in [1.82, 2.24) is 10.6 Å². The van der Waals surface area contributed by atoms with Crippen molar-refractivity contribution in [3.05, 3.63) is 65.5 Å². The Morgan fingerprint density at radius 1 is 1.00 bits per heavy atom. The van der Waals surface area contributed by atoms with Gasteiger partial charge in [-0.25, -0.2) is 4.39 Å². The average molecular weight is 402 g/mol. The number of carbonyl (C=O) groups is 3. The number of methoxy groups -OCH3 is 1. The van der Waals surface area contributed by atoms with Crippen molar-refractivity contribution in [1.29, 1.82) is 0 Å². The van der Waals surface area contributed by atoms with Gasteiger partial charge in [-0.3, -0.25) is 14.4 Å². The average Bonchev–Trinajstić information content (AvgIpc) is 2.72. The van der Waals surface area contributed by atoms with Crippen LogP contribution in [0.4, 0.5) is 4.39 Å². The summed E-state index contributed by atoms with van der Waals surface area (Å²) in [6, 6.07) is 11.7. The van der Waals surface area contributed by atoms with Crippen molar-refractivity contribution in [2.45, 2.75) is 26.0 Å². The highest BCUT2D eigenvalue weighted by Gasteiger charge is 2.20. The molecule has 2 aromatic rings. The van der Waals surface area contributed by atoms with Gasteiger partial charge in [0.25, 0.3) is 11.8 Å². The van der Waals surface area contributed by atoms with Gasteiger partial charge in [0.15, 0.2) is 6.10 Å². The lowest BCUT2D eigenvalue weighted by molar-refractivity contribution is -0.154. The molecule has 2 atom stereocenters. The van der Waals surface area contributed by atoms with Crippen molar-refractivity contribution in [2.75, 3.05) is 13.7 Å². The molecule has 0 saturated heterocycles. The summed E-state index contributed by atoms with van der Waals surface area (Å²) in [5, 5.41) is 5.12. The fourth-order valence-electron chi connectivity index (χ4n) is 2.45. The van der Waals surface area contributed by atoms with Crippen molar-refractivity contribution >= 4 is 17.8 Å². The van der Waals surface area contributed by atoms with Gasteiger partial charge in [0.1, 0.15) is 18.1 Å². The molecule has 0 fully saturated rings. The maximum Gasteiger partial charge on any atom is 0.326 e. The zero-order valence-corrected chi connectivity index (χ0v) is 16.4. The molecule has 0 aliphatic heterocycles. The number of amides is 2. The zero-order valence-electron chi connectivity index (χ0n) is 16.4. The minimum atomic E-state index is -1.05. The monoisotopic (exact) mass is 402 g/mol. The summed E-state index contributed by atoms with van der Waals surface area (Å²) in [6.45, 7) is 2.78. The van der Waals surface area contributed by atoms with Crippen LogP contribution >= 0.6 is 0 Å². The highest BCUT2D eigenvalue weighted by Crippen LogP contribution is 2.13. The SMILES string of the molecule is COc1ccc(C(=O)NCC(=O)O[C@@H](C)C(=O)N[C@H](C)c2ccc(F)cc2)cc1. The molecule has 0 unspecified atom stereocenters. The number of ether oxygens (including phenoxy) is 2. The minimum Gasteiger partial charge on any atom is -0.497 e. The lowest BCUT2D eigenvalue weighted by atomic mass is 10.1. The van der Waals surface area contributed by atoms with Crippen molar-refractivity contribution in [3.8, 4) is 5.75 Å². The Bertz CT molecular complexity index is 852. The number of nitrogens with one attached hydrogen (secondary N) is 2. The van der Waals surface area contributed by atoms with Crippen LogP contribution in [0.5, 0.6) is 5.75 Å². The van der Waals surface area contributed by atoms with E-state index in [0.29, 0.717) is 16.9 Å². The molecular weight excluding hydrogens is 379 g/mol. The molecule has 0 spiro atoms. The van der Waals surface area contributed by atoms with E-state index in [-0.39, 0.29) is 18.4 Å². The fraction of sp³-hybridized carbons (Fsp3) is 0.286. The summed E-state index contributed by atoms with van der Waals surface area (Å²) >= 11 is 0. The van der Waals surface area contributed by atoms with Gasteiger partial charge in [0, 0.05) is 5.56 Å². The van der Waals surface area contributed by atoms with Gasteiger partial charge in [0.2, 0.25) is 0 Å². The van der Waals surface area contributed by atoms with E-state index >= 15 is 0 Å². The Labute approximate surface area is 168 Å². The molecule has 2 N–H and O–H groups in total. The zero-order chi connectivity index (χ0) is 21.4. The van der Waals surface area contributed by atoms with Crippen LogP contribution < -0.4 is 15.4 Å². The third kappa shape index (κ3) is 6.60. The molecule has 7 nitrogen and oxygen atoms in total. The molecule has 0 bridgehead atoms. The van der Waals surface area contributed by atoms with Crippen LogP contribution in [-0.2, 0) is 14.3 Å². The van der Waals surface area contributed by atoms with E-state index in [1.807, 2.05) is 0 Å². The summed E-state index contributed by atoms with van der Waals surface area (Å²) in [5.41, 5.74) is 1.07. The van der Waals surface area contributed by atoms with E-state index in [1.54, 1.807) is 43.3 Å². The van der Waals surface area contributed by atoms with E-state index in [4.69, 9.17) is 9.47 Å². The number of hydrogen-bond donors (Lipinski definition) is 2. The number of benzene rings is 2. The molecule has 2 rings (SSSR count). The summed E-state index contributed by atoms with van der Waals surface area (Å²) < 4.78 is 23.0. The highest BCUT2D eigenvalue weighted by molar-refractivity contribution is 5.96. The molecule has 154 valence electrons. The van der Waals surface area contributed by atoms with E-state index in [0.717, 1.165) is 0 Å². The lowest BCUT2D eigenvalue weighted by Crippen LogP contribution is -2.39. The summed E-state index contributed by atoms with van der Waals surface area (Å²) in [4.78, 5) is 36.1. The number of esters is 1.